The molecule has 0 aliphatic carbocycles. The van der Waals surface area contributed by atoms with Crippen molar-refractivity contribution in [2.75, 3.05) is 38.5 Å². The Morgan fingerprint density at radius 3 is 2.59 bits per heavy atom. The van der Waals surface area contributed by atoms with Gasteiger partial charge in [-0.2, -0.15) is 0 Å². The number of aliphatic carboxylic acids is 1. The second kappa shape index (κ2) is 10.7. The number of carboxylic acids is 1. The van der Waals surface area contributed by atoms with Crippen molar-refractivity contribution in [1.29, 1.82) is 0 Å². The number of carbonyl (C=O) groups is 2. The van der Waals surface area contributed by atoms with Crippen molar-refractivity contribution in [3.8, 4) is 0 Å². The minimum Gasteiger partial charge on any atom is -0.480 e. The Balaban J connectivity index is 1.36. The Morgan fingerprint density at radius 2 is 1.94 bits per heavy atom. The predicted molar refractivity (Wildman–Crippen MR) is 133 cm³/mol. The van der Waals surface area contributed by atoms with Crippen LogP contribution in [-0.2, 0) is 16.0 Å². The number of carbonyl (C=O) groups excluding carboxylic acids is 1. The van der Waals surface area contributed by atoms with E-state index in [-0.39, 0.29) is 11.8 Å². The summed E-state index contributed by atoms with van der Waals surface area (Å²) in [5, 5.41) is 13.6. The van der Waals surface area contributed by atoms with Crippen LogP contribution in [0.15, 0.2) is 36.4 Å². The first-order chi connectivity index (χ1) is 16.4. The van der Waals surface area contributed by atoms with Crippen molar-refractivity contribution in [2.45, 2.75) is 44.6 Å². The first-order valence-electron chi connectivity index (χ1n) is 12.1. The molecule has 34 heavy (non-hydrogen) atoms. The molecule has 8 heteroatoms. The molecule has 2 atom stereocenters. The maximum atomic E-state index is 13.3. The summed E-state index contributed by atoms with van der Waals surface area (Å²) in [6.45, 7) is 4.58. The van der Waals surface area contributed by atoms with Crippen LogP contribution in [0, 0.1) is 5.92 Å². The topological polar surface area (TPSA) is 85.8 Å². The molecule has 4 rings (SSSR count). The smallest absolute Gasteiger partial charge is 0.325 e. The largest absolute Gasteiger partial charge is 0.480 e. The van der Waals surface area contributed by atoms with Crippen LogP contribution in [0.1, 0.15) is 55.0 Å². The lowest BCUT2D eigenvalue weighted by atomic mass is 9.91. The van der Waals surface area contributed by atoms with Gasteiger partial charge in [0.1, 0.15) is 11.9 Å². The molecule has 2 aliphatic rings. The van der Waals surface area contributed by atoms with Crippen LogP contribution in [0.4, 0.5) is 5.82 Å². The molecule has 0 saturated carbocycles. The average molecular weight is 485 g/mol. The molecule has 0 bridgehead atoms. The van der Waals surface area contributed by atoms with E-state index in [0.29, 0.717) is 49.1 Å². The van der Waals surface area contributed by atoms with Gasteiger partial charge in [-0.15, -0.1) is 0 Å². The molecule has 0 unspecified atom stereocenters. The highest BCUT2D eigenvalue weighted by molar-refractivity contribution is 6.30. The number of likely N-dealkylation sites (tertiary alicyclic amines) is 2. The molecule has 1 amide bonds. The van der Waals surface area contributed by atoms with Gasteiger partial charge in [-0.3, -0.25) is 14.5 Å². The molecule has 2 aromatic rings. The molecule has 182 valence electrons. The fourth-order valence-corrected chi connectivity index (χ4v) is 5.49. The first kappa shape index (κ1) is 24.5. The Hall–Kier alpha value is -2.64. The van der Waals surface area contributed by atoms with Crippen molar-refractivity contribution in [2.24, 2.45) is 5.92 Å². The number of nitrogens with one attached hydrogen (secondary N) is 1. The quantitative estimate of drug-likeness (QED) is 0.612. The molecular weight excluding hydrogens is 452 g/mol. The maximum absolute atomic E-state index is 13.3. The Bertz CT molecular complexity index is 1040. The van der Waals surface area contributed by atoms with Crippen LogP contribution in [0.5, 0.6) is 0 Å². The molecule has 1 aromatic carbocycles. The van der Waals surface area contributed by atoms with Crippen LogP contribution in [-0.4, -0.2) is 65.0 Å². The lowest BCUT2D eigenvalue weighted by molar-refractivity contribution is -0.144. The SMILES string of the molecule is CCc1ccc(C2CCN(C(=O)[C@@H]3CCN([C@H](C(=O)O)c4cccc(Cl)c4)C3)CC2)nc1NC. The van der Waals surface area contributed by atoms with Crippen LogP contribution in [0.3, 0.4) is 0 Å². The molecular formula is C26H33ClN4O3. The lowest BCUT2D eigenvalue weighted by Gasteiger charge is -2.33. The van der Waals surface area contributed by atoms with Crippen molar-refractivity contribution in [1.82, 2.24) is 14.8 Å². The average Bonchev–Trinajstić information content (AvgIpc) is 3.32. The van der Waals surface area contributed by atoms with Crippen molar-refractivity contribution in [3.05, 3.63) is 58.2 Å². The number of hydrogen-bond acceptors (Lipinski definition) is 5. The number of amides is 1. The highest BCUT2D eigenvalue weighted by Gasteiger charge is 2.38. The summed E-state index contributed by atoms with van der Waals surface area (Å²) in [6, 6.07) is 10.5. The van der Waals surface area contributed by atoms with E-state index in [2.05, 4.69) is 24.4 Å². The third kappa shape index (κ3) is 5.20. The van der Waals surface area contributed by atoms with Gasteiger partial charge in [0, 0.05) is 49.9 Å². The number of aryl methyl sites for hydroxylation is 1. The first-order valence-corrected chi connectivity index (χ1v) is 12.5. The standard InChI is InChI=1S/C26H33ClN4O3/c1-3-17-7-8-22(29-24(17)28-2)18-9-12-30(13-10-18)25(32)20-11-14-31(16-20)23(26(33)34)19-5-4-6-21(27)15-19/h4-8,15,18,20,23H,3,9-14,16H2,1-2H3,(H,28,29)(H,33,34)/t20-,23+/m1/s1. The normalized spacial score (nSPS) is 20.3. The monoisotopic (exact) mass is 484 g/mol. The highest BCUT2D eigenvalue weighted by Crippen LogP contribution is 2.33. The number of aromatic nitrogens is 1. The zero-order chi connectivity index (χ0) is 24.2. The second-order valence-corrected chi connectivity index (χ2v) is 9.66. The number of rotatable bonds is 7. The van der Waals surface area contributed by atoms with Gasteiger partial charge in [-0.25, -0.2) is 4.98 Å². The number of carboxylic acid groups (broad SMARTS) is 1. The minimum absolute atomic E-state index is 0.140. The van der Waals surface area contributed by atoms with E-state index in [1.165, 1.54) is 5.56 Å². The third-order valence-electron chi connectivity index (χ3n) is 7.18. The van der Waals surface area contributed by atoms with E-state index in [1.54, 1.807) is 24.3 Å². The van der Waals surface area contributed by atoms with E-state index < -0.39 is 12.0 Å². The van der Waals surface area contributed by atoms with Gasteiger partial charge in [0.05, 0.1) is 5.92 Å². The Kier molecular flexibility index (Phi) is 7.73. The fraction of sp³-hybridized carbons (Fsp3) is 0.500. The highest BCUT2D eigenvalue weighted by atomic mass is 35.5. The van der Waals surface area contributed by atoms with Gasteiger partial charge < -0.3 is 15.3 Å². The van der Waals surface area contributed by atoms with Gasteiger partial charge in [0.2, 0.25) is 5.91 Å². The van der Waals surface area contributed by atoms with Crippen LogP contribution in [0.25, 0.3) is 0 Å². The molecule has 3 heterocycles. The summed E-state index contributed by atoms with van der Waals surface area (Å²) >= 11 is 6.09. The Labute approximate surface area is 206 Å². The molecule has 0 radical (unpaired) electrons. The number of pyridine rings is 1. The molecule has 2 aliphatic heterocycles. The molecule has 7 nitrogen and oxygen atoms in total. The number of benzene rings is 1. The lowest BCUT2D eigenvalue weighted by Crippen LogP contribution is -2.42. The molecule has 2 fully saturated rings. The number of nitrogens with zero attached hydrogens (tertiary/aromatic N) is 3. The van der Waals surface area contributed by atoms with Crippen LogP contribution in [0.2, 0.25) is 5.02 Å². The van der Waals surface area contributed by atoms with Crippen LogP contribution >= 0.6 is 11.6 Å². The number of piperidine rings is 1. The van der Waals surface area contributed by atoms with E-state index in [0.717, 1.165) is 30.8 Å². The summed E-state index contributed by atoms with van der Waals surface area (Å²) in [7, 11) is 1.90. The number of halogens is 1. The van der Waals surface area contributed by atoms with Crippen molar-refractivity contribution < 1.29 is 14.7 Å². The summed E-state index contributed by atoms with van der Waals surface area (Å²) in [6.07, 6.45) is 3.40. The molecule has 2 N–H and O–H groups in total. The summed E-state index contributed by atoms with van der Waals surface area (Å²) < 4.78 is 0. The van der Waals surface area contributed by atoms with Gasteiger partial charge in [-0.05, 0) is 55.0 Å². The van der Waals surface area contributed by atoms with E-state index in [4.69, 9.17) is 16.6 Å². The van der Waals surface area contributed by atoms with Crippen molar-refractivity contribution in [3.63, 3.8) is 0 Å². The summed E-state index contributed by atoms with van der Waals surface area (Å²) in [5.41, 5.74) is 2.95. The third-order valence-corrected chi connectivity index (χ3v) is 7.41. The van der Waals surface area contributed by atoms with E-state index in [1.807, 2.05) is 16.8 Å². The fourth-order valence-electron chi connectivity index (χ4n) is 5.30. The molecule has 1 aromatic heterocycles. The number of anilines is 1. The van der Waals surface area contributed by atoms with Crippen molar-refractivity contribution >= 4 is 29.3 Å². The zero-order valence-corrected chi connectivity index (χ0v) is 20.6. The zero-order valence-electron chi connectivity index (χ0n) is 19.8. The Morgan fingerprint density at radius 1 is 1.18 bits per heavy atom. The minimum atomic E-state index is -0.918. The summed E-state index contributed by atoms with van der Waals surface area (Å²) in [4.78, 5) is 34.0. The van der Waals surface area contributed by atoms with Gasteiger partial charge >= 0.3 is 5.97 Å². The van der Waals surface area contributed by atoms with Gasteiger partial charge in [0.25, 0.3) is 0 Å². The molecule has 0 spiro atoms. The summed E-state index contributed by atoms with van der Waals surface area (Å²) in [5.74, 6) is 0.342. The predicted octanol–water partition coefficient (Wildman–Crippen LogP) is 4.19. The maximum Gasteiger partial charge on any atom is 0.325 e. The van der Waals surface area contributed by atoms with E-state index in [9.17, 15) is 14.7 Å². The van der Waals surface area contributed by atoms with Crippen LogP contribution < -0.4 is 5.32 Å². The van der Waals surface area contributed by atoms with Gasteiger partial charge in [0.15, 0.2) is 0 Å². The van der Waals surface area contributed by atoms with Gasteiger partial charge in [-0.1, -0.05) is 36.7 Å². The number of hydrogen-bond donors (Lipinski definition) is 2. The molecule has 2 saturated heterocycles. The van der Waals surface area contributed by atoms with E-state index >= 15 is 0 Å². The second-order valence-electron chi connectivity index (χ2n) is 9.22.